The summed E-state index contributed by atoms with van der Waals surface area (Å²) < 4.78 is 7.55. The molecule has 1 fully saturated rings. The van der Waals surface area contributed by atoms with E-state index in [-0.39, 0.29) is 5.56 Å². The van der Waals surface area contributed by atoms with Gasteiger partial charge in [0.05, 0.1) is 17.9 Å². The highest BCUT2D eigenvalue weighted by molar-refractivity contribution is 6.17. The first-order valence-electron chi connectivity index (χ1n) is 10.4. The lowest BCUT2D eigenvalue weighted by Crippen LogP contribution is -2.17. The molecule has 0 saturated heterocycles. The highest BCUT2D eigenvalue weighted by atomic mass is 35.5. The lowest BCUT2D eigenvalue weighted by molar-refractivity contribution is 0.341. The van der Waals surface area contributed by atoms with Gasteiger partial charge in [-0.1, -0.05) is 31.7 Å². The zero-order valence-electron chi connectivity index (χ0n) is 17.0. The van der Waals surface area contributed by atoms with Crippen molar-refractivity contribution in [1.82, 2.24) is 19.6 Å². The Balaban J connectivity index is 1.89. The molecule has 3 aromatic rings. The molecule has 1 aromatic carbocycles. The number of alkyl halides is 1. The summed E-state index contributed by atoms with van der Waals surface area (Å²) in [4.78, 5) is 20.7. The number of aromatic nitrogens is 4. The van der Waals surface area contributed by atoms with E-state index in [1.54, 1.807) is 4.52 Å². The molecule has 0 spiro atoms. The van der Waals surface area contributed by atoms with Crippen molar-refractivity contribution < 1.29 is 4.74 Å². The van der Waals surface area contributed by atoms with Gasteiger partial charge in [0.15, 0.2) is 11.3 Å². The molecule has 7 heteroatoms. The first-order valence-corrected chi connectivity index (χ1v) is 11.0. The number of nitrogens with zero attached hydrogens (tertiary/aromatic N) is 3. The number of fused-ring (bicyclic) bond motifs is 1. The first kappa shape index (κ1) is 20.0. The van der Waals surface area contributed by atoms with E-state index in [9.17, 15) is 4.79 Å². The van der Waals surface area contributed by atoms with Crippen LogP contribution < -0.4 is 10.3 Å². The molecule has 1 aliphatic rings. The van der Waals surface area contributed by atoms with Crippen LogP contribution in [0.3, 0.4) is 0 Å². The molecule has 2 aromatic heterocycles. The number of rotatable bonds is 5. The highest BCUT2D eigenvalue weighted by Crippen LogP contribution is 2.33. The van der Waals surface area contributed by atoms with Gasteiger partial charge in [0, 0.05) is 11.8 Å². The molecule has 2 heterocycles. The Morgan fingerprint density at radius 1 is 1.24 bits per heavy atom. The van der Waals surface area contributed by atoms with Crippen LogP contribution in [-0.4, -0.2) is 26.2 Å². The van der Waals surface area contributed by atoms with Crippen LogP contribution in [0.15, 0.2) is 23.0 Å². The van der Waals surface area contributed by atoms with Crippen LogP contribution in [0.2, 0.25) is 0 Å². The van der Waals surface area contributed by atoms with Gasteiger partial charge < -0.3 is 9.72 Å². The van der Waals surface area contributed by atoms with Crippen LogP contribution in [-0.2, 0) is 5.88 Å². The second kappa shape index (κ2) is 8.57. The molecule has 6 nitrogen and oxygen atoms in total. The van der Waals surface area contributed by atoms with Crippen molar-refractivity contribution in [2.75, 3.05) is 6.61 Å². The second-order valence-electron chi connectivity index (χ2n) is 7.70. The zero-order chi connectivity index (χ0) is 20.4. The monoisotopic (exact) mass is 414 g/mol. The lowest BCUT2D eigenvalue weighted by atomic mass is 10.00. The number of hydrogen-bond donors (Lipinski definition) is 1. The number of halogens is 1. The van der Waals surface area contributed by atoms with E-state index in [0.29, 0.717) is 35.5 Å². The Kier molecular flexibility index (Phi) is 5.90. The van der Waals surface area contributed by atoms with Gasteiger partial charge >= 0.3 is 0 Å². The molecular formula is C22H27ClN4O2. The van der Waals surface area contributed by atoms with Gasteiger partial charge in [0.2, 0.25) is 0 Å². The highest BCUT2D eigenvalue weighted by Gasteiger charge is 2.23. The smallest absolute Gasteiger partial charge is 0.277 e. The number of nitrogens with one attached hydrogen (secondary N) is 1. The third-order valence-electron chi connectivity index (χ3n) is 5.67. The van der Waals surface area contributed by atoms with Crippen LogP contribution in [0.5, 0.6) is 5.75 Å². The number of H-pyrrole nitrogens is 1. The summed E-state index contributed by atoms with van der Waals surface area (Å²) in [5.74, 6) is 2.77. The minimum absolute atomic E-state index is 0.182. The minimum Gasteiger partial charge on any atom is -0.493 e. The van der Waals surface area contributed by atoms with Gasteiger partial charge in [-0.25, -0.2) is 9.50 Å². The van der Waals surface area contributed by atoms with Crippen LogP contribution in [0.4, 0.5) is 0 Å². The fourth-order valence-electron chi connectivity index (χ4n) is 4.24. The molecule has 0 aliphatic heterocycles. The SMILES string of the molecule is CCOc1ccc(CCl)cc1-c1nn2c(C3CCCCCC3)nc(C)c2c(=O)[nH]1. The maximum absolute atomic E-state index is 13.0. The third-order valence-corrected chi connectivity index (χ3v) is 5.98. The predicted octanol–water partition coefficient (Wildman–Crippen LogP) is 4.97. The maximum Gasteiger partial charge on any atom is 0.277 e. The molecule has 0 bridgehead atoms. The van der Waals surface area contributed by atoms with E-state index in [2.05, 4.69) is 4.98 Å². The van der Waals surface area contributed by atoms with Crippen LogP contribution in [0, 0.1) is 6.92 Å². The number of benzene rings is 1. The average molecular weight is 415 g/mol. The van der Waals surface area contributed by atoms with Crippen molar-refractivity contribution in [3.8, 4) is 17.1 Å². The molecule has 0 unspecified atom stereocenters. The number of aryl methyl sites for hydroxylation is 1. The third kappa shape index (κ3) is 3.90. The van der Waals surface area contributed by atoms with Gasteiger partial charge in [-0.3, -0.25) is 4.79 Å². The van der Waals surface area contributed by atoms with Crippen molar-refractivity contribution in [2.24, 2.45) is 0 Å². The molecule has 154 valence electrons. The largest absolute Gasteiger partial charge is 0.493 e. The van der Waals surface area contributed by atoms with Crippen molar-refractivity contribution >= 4 is 17.1 Å². The predicted molar refractivity (Wildman–Crippen MR) is 115 cm³/mol. The summed E-state index contributed by atoms with van der Waals surface area (Å²) in [6, 6.07) is 5.74. The summed E-state index contributed by atoms with van der Waals surface area (Å²) in [6.07, 6.45) is 7.10. The molecule has 0 amide bonds. The maximum atomic E-state index is 13.0. The summed E-state index contributed by atoms with van der Waals surface area (Å²) in [5.41, 5.74) is 2.75. The minimum atomic E-state index is -0.182. The normalized spacial score (nSPS) is 15.6. The Bertz CT molecular complexity index is 1060. The zero-order valence-corrected chi connectivity index (χ0v) is 17.8. The first-order chi connectivity index (χ1) is 14.1. The van der Waals surface area contributed by atoms with E-state index in [1.165, 1.54) is 25.7 Å². The molecule has 1 N–H and O–H groups in total. The molecule has 29 heavy (non-hydrogen) atoms. The molecule has 0 atom stereocenters. The molecule has 0 radical (unpaired) electrons. The van der Waals surface area contributed by atoms with Gasteiger partial charge in [-0.2, -0.15) is 0 Å². The van der Waals surface area contributed by atoms with Gasteiger partial charge in [-0.15, -0.1) is 16.7 Å². The lowest BCUT2D eigenvalue weighted by Gasteiger charge is -2.14. The van der Waals surface area contributed by atoms with Crippen molar-refractivity contribution in [2.45, 2.75) is 64.2 Å². The number of aromatic amines is 1. The van der Waals surface area contributed by atoms with Crippen molar-refractivity contribution in [3.05, 3.63) is 45.6 Å². The van der Waals surface area contributed by atoms with E-state index in [4.69, 9.17) is 26.4 Å². The van der Waals surface area contributed by atoms with E-state index in [0.717, 1.165) is 35.5 Å². The molecule has 4 rings (SSSR count). The Hall–Kier alpha value is -2.34. The number of hydrogen-bond acceptors (Lipinski definition) is 4. The number of imidazole rings is 1. The fourth-order valence-corrected chi connectivity index (χ4v) is 4.41. The van der Waals surface area contributed by atoms with E-state index < -0.39 is 0 Å². The van der Waals surface area contributed by atoms with Crippen molar-refractivity contribution in [3.63, 3.8) is 0 Å². The van der Waals surface area contributed by atoms with Gasteiger partial charge in [0.25, 0.3) is 5.56 Å². The van der Waals surface area contributed by atoms with Crippen molar-refractivity contribution in [1.29, 1.82) is 0 Å². The van der Waals surface area contributed by atoms with Crippen LogP contribution >= 0.6 is 11.6 Å². The van der Waals surface area contributed by atoms with Gasteiger partial charge in [-0.05, 0) is 44.4 Å². The van der Waals surface area contributed by atoms with E-state index in [1.807, 2.05) is 32.0 Å². The summed E-state index contributed by atoms with van der Waals surface area (Å²) in [7, 11) is 0. The second-order valence-corrected chi connectivity index (χ2v) is 7.97. The van der Waals surface area contributed by atoms with Crippen LogP contribution in [0.25, 0.3) is 16.9 Å². The quantitative estimate of drug-likeness (QED) is 0.472. The molecule has 1 saturated carbocycles. The Labute approximate surface area is 175 Å². The molecular weight excluding hydrogens is 388 g/mol. The Morgan fingerprint density at radius 2 is 2.00 bits per heavy atom. The summed E-state index contributed by atoms with van der Waals surface area (Å²) >= 11 is 6.04. The van der Waals surface area contributed by atoms with Gasteiger partial charge in [0.1, 0.15) is 11.6 Å². The fraction of sp³-hybridized carbons (Fsp3) is 0.500. The van der Waals surface area contributed by atoms with Crippen LogP contribution in [0.1, 0.15) is 68.4 Å². The topological polar surface area (TPSA) is 72.3 Å². The Morgan fingerprint density at radius 3 is 2.69 bits per heavy atom. The summed E-state index contributed by atoms with van der Waals surface area (Å²) in [6.45, 7) is 4.34. The van der Waals surface area contributed by atoms with E-state index >= 15 is 0 Å². The molecule has 1 aliphatic carbocycles. The standard InChI is InChI=1S/C22H27ClN4O2/c1-3-29-18-11-10-15(13-23)12-17(18)20-25-22(28)19-14(2)24-21(27(19)26-20)16-8-6-4-5-7-9-16/h10-12,16H,3-9,13H2,1-2H3,(H,25,26,28). The average Bonchev–Trinajstić information content (AvgIpc) is 2.89. The number of ether oxygens (including phenoxy) is 1. The summed E-state index contributed by atoms with van der Waals surface area (Å²) in [5, 5.41) is 4.83.